The minimum Gasteiger partial charge on any atom is -0.347 e. The van der Waals surface area contributed by atoms with Crippen molar-refractivity contribution in [2.24, 2.45) is 0 Å². The highest BCUT2D eigenvalue weighted by atomic mass is 79.9. The van der Waals surface area contributed by atoms with Crippen molar-refractivity contribution in [3.05, 3.63) is 70.3 Å². The fourth-order valence-electron chi connectivity index (χ4n) is 2.67. The first-order valence-corrected chi connectivity index (χ1v) is 7.78. The predicted molar refractivity (Wildman–Crippen MR) is 90.3 cm³/mol. The molecule has 0 bridgehead atoms. The average molecular weight is 342 g/mol. The van der Waals surface area contributed by atoms with Crippen LogP contribution in [-0.4, -0.2) is 12.3 Å². The van der Waals surface area contributed by atoms with Crippen LogP contribution in [0.3, 0.4) is 0 Å². The van der Waals surface area contributed by atoms with E-state index in [1.165, 1.54) is 11.3 Å². The molecule has 1 aliphatic rings. The third kappa shape index (κ3) is 2.93. The number of halogens is 1. The molecule has 0 radical (unpaired) electrons. The van der Waals surface area contributed by atoms with Gasteiger partial charge in [-0.15, -0.1) is 0 Å². The summed E-state index contributed by atoms with van der Waals surface area (Å²) in [6.45, 7) is 2.53. The summed E-state index contributed by atoms with van der Waals surface area (Å²) >= 11 is 3.51. The van der Waals surface area contributed by atoms with Gasteiger partial charge in [-0.1, -0.05) is 46.3 Å². The number of anilines is 1. The maximum atomic E-state index is 12.0. The third-order valence-electron chi connectivity index (χ3n) is 3.72. The quantitative estimate of drug-likeness (QED) is 0.769. The van der Waals surface area contributed by atoms with Gasteiger partial charge in [0.15, 0.2) is 5.78 Å². The predicted octanol–water partition coefficient (Wildman–Crippen LogP) is 4.44. The number of benzene rings is 2. The van der Waals surface area contributed by atoms with Gasteiger partial charge in [-0.05, 0) is 42.7 Å². The second kappa shape index (κ2) is 5.86. The number of carbonyl (C=O) groups excluding carboxylic acids is 1. The molecule has 3 heteroatoms. The molecule has 2 nitrogen and oxygen atoms in total. The van der Waals surface area contributed by atoms with Gasteiger partial charge in [0, 0.05) is 28.5 Å². The van der Waals surface area contributed by atoms with Crippen LogP contribution in [0, 0.1) is 0 Å². The van der Waals surface area contributed by atoms with E-state index in [0.717, 1.165) is 28.6 Å². The van der Waals surface area contributed by atoms with Gasteiger partial charge in [0.05, 0.1) is 0 Å². The molecule has 0 saturated carbocycles. The van der Waals surface area contributed by atoms with Crippen LogP contribution in [0.4, 0.5) is 5.69 Å². The SMILES string of the molecule is CC(=O)/C(=C\N1CCc2cc(Br)ccc21)c1ccccc1. The number of ketones is 1. The van der Waals surface area contributed by atoms with Crippen molar-refractivity contribution in [3.8, 4) is 0 Å². The Morgan fingerprint density at radius 1 is 1.19 bits per heavy atom. The van der Waals surface area contributed by atoms with Crippen molar-refractivity contribution in [3.63, 3.8) is 0 Å². The van der Waals surface area contributed by atoms with Gasteiger partial charge < -0.3 is 4.90 Å². The Balaban J connectivity index is 1.99. The van der Waals surface area contributed by atoms with Crippen molar-refractivity contribution in [2.45, 2.75) is 13.3 Å². The Bertz CT molecular complexity index is 706. The van der Waals surface area contributed by atoms with Crippen LogP contribution in [0.15, 0.2) is 59.2 Å². The van der Waals surface area contributed by atoms with Crippen molar-refractivity contribution >= 4 is 33.0 Å². The maximum absolute atomic E-state index is 12.0. The first-order chi connectivity index (χ1) is 10.1. The minimum absolute atomic E-state index is 0.0896. The Morgan fingerprint density at radius 3 is 2.67 bits per heavy atom. The zero-order valence-corrected chi connectivity index (χ0v) is 13.4. The van der Waals surface area contributed by atoms with Gasteiger partial charge in [0.25, 0.3) is 0 Å². The Hall–Kier alpha value is -1.87. The molecule has 21 heavy (non-hydrogen) atoms. The molecule has 1 heterocycles. The Kier molecular flexibility index (Phi) is 3.93. The topological polar surface area (TPSA) is 20.3 Å². The fraction of sp³-hybridized carbons (Fsp3) is 0.167. The largest absolute Gasteiger partial charge is 0.347 e. The number of Topliss-reactive ketones (excluding diaryl/α,β-unsaturated/α-hetero) is 1. The normalized spacial score (nSPS) is 14.2. The number of hydrogen-bond acceptors (Lipinski definition) is 2. The Morgan fingerprint density at radius 2 is 1.95 bits per heavy atom. The summed E-state index contributed by atoms with van der Waals surface area (Å²) in [5, 5.41) is 0. The molecule has 106 valence electrons. The summed E-state index contributed by atoms with van der Waals surface area (Å²) in [7, 11) is 0. The molecule has 0 spiro atoms. The molecule has 0 aromatic heterocycles. The second-order valence-corrected chi connectivity index (χ2v) is 6.10. The standard InChI is InChI=1S/C18H16BrNO/c1-13(21)17(14-5-3-2-4-6-14)12-20-10-9-15-11-16(19)7-8-18(15)20/h2-8,11-12H,9-10H2,1H3/b17-12+. The molecule has 3 rings (SSSR count). The number of rotatable bonds is 3. The van der Waals surface area contributed by atoms with Crippen molar-refractivity contribution < 1.29 is 4.79 Å². The molecule has 0 N–H and O–H groups in total. The molecular weight excluding hydrogens is 326 g/mol. The number of hydrogen-bond donors (Lipinski definition) is 0. The monoisotopic (exact) mass is 341 g/mol. The third-order valence-corrected chi connectivity index (χ3v) is 4.22. The molecule has 2 aromatic rings. The van der Waals surface area contributed by atoms with E-state index in [9.17, 15) is 4.79 Å². The van der Waals surface area contributed by atoms with Gasteiger partial charge in [-0.3, -0.25) is 4.79 Å². The molecule has 0 saturated heterocycles. The van der Waals surface area contributed by atoms with Crippen molar-refractivity contribution in [2.75, 3.05) is 11.4 Å². The van der Waals surface area contributed by atoms with Crippen LogP contribution in [0.5, 0.6) is 0 Å². The zero-order valence-electron chi connectivity index (χ0n) is 11.8. The summed E-state index contributed by atoms with van der Waals surface area (Å²) in [5.41, 5.74) is 4.23. The molecule has 0 atom stereocenters. The summed E-state index contributed by atoms with van der Waals surface area (Å²) in [6, 6.07) is 16.1. The minimum atomic E-state index is 0.0896. The van der Waals surface area contributed by atoms with Crippen molar-refractivity contribution in [1.29, 1.82) is 0 Å². The lowest BCUT2D eigenvalue weighted by Gasteiger charge is -2.16. The van der Waals surface area contributed by atoms with Crippen LogP contribution in [0.1, 0.15) is 18.1 Å². The molecule has 0 fully saturated rings. The molecular formula is C18H16BrNO. The first kappa shape index (κ1) is 14.1. The van der Waals surface area contributed by atoms with Crippen molar-refractivity contribution in [1.82, 2.24) is 0 Å². The fourth-order valence-corrected chi connectivity index (χ4v) is 3.08. The number of carbonyl (C=O) groups is 1. The number of fused-ring (bicyclic) bond motifs is 1. The van der Waals surface area contributed by atoms with E-state index in [4.69, 9.17) is 0 Å². The van der Waals surface area contributed by atoms with E-state index >= 15 is 0 Å². The highest BCUT2D eigenvalue weighted by Gasteiger charge is 2.19. The van der Waals surface area contributed by atoms with Gasteiger partial charge in [0.1, 0.15) is 0 Å². The van der Waals surface area contributed by atoms with E-state index in [0.29, 0.717) is 0 Å². The second-order valence-electron chi connectivity index (χ2n) is 5.18. The zero-order chi connectivity index (χ0) is 14.8. The molecule has 0 amide bonds. The summed E-state index contributed by atoms with van der Waals surface area (Å²) in [5.74, 6) is 0.0896. The smallest absolute Gasteiger partial charge is 0.161 e. The summed E-state index contributed by atoms with van der Waals surface area (Å²) in [4.78, 5) is 14.2. The van der Waals surface area contributed by atoms with E-state index in [1.54, 1.807) is 6.92 Å². The highest BCUT2D eigenvalue weighted by molar-refractivity contribution is 9.10. The van der Waals surface area contributed by atoms with E-state index in [-0.39, 0.29) is 5.78 Å². The van der Waals surface area contributed by atoms with Crippen LogP contribution in [0.2, 0.25) is 0 Å². The molecule has 0 aliphatic carbocycles. The summed E-state index contributed by atoms with van der Waals surface area (Å²) < 4.78 is 1.10. The maximum Gasteiger partial charge on any atom is 0.161 e. The highest BCUT2D eigenvalue weighted by Crippen LogP contribution is 2.32. The van der Waals surface area contributed by atoms with E-state index in [2.05, 4.69) is 33.0 Å². The van der Waals surface area contributed by atoms with Crippen LogP contribution >= 0.6 is 15.9 Å². The van der Waals surface area contributed by atoms with E-state index < -0.39 is 0 Å². The van der Waals surface area contributed by atoms with Crippen LogP contribution in [0.25, 0.3) is 5.57 Å². The van der Waals surface area contributed by atoms with Gasteiger partial charge in [-0.2, -0.15) is 0 Å². The number of nitrogens with zero attached hydrogens (tertiary/aromatic N) is 1. The van der Waals surface area contributed by atoms with Gasteiger partial charge in [0.2, 0.25) is 0 Å². The molecule has 1 aliphatic heterocycles. The summed E-state index contributed by atoms with van der Waals surface area (Å²) in [6.07, 6.45) is 2.99. The Labute approximate surface area is 133 Å². The van der Waals surface area contributed by atoms with Crippen LogP contribution < -0.4 is 4.90 Å². The van der Waals surface area contributed by atoms with E-state index in [1.807, 2.05) is 42.6 Å². The van der Waals surface area contributed by atoms with Gasteiger partial charge >= 0.3 is 0 Å². The van der Waals surface area contributed by atoms with Gasteiger partial charge in [-0.25, -0.2) is 0 Å². The molecule has 0 unspecified atom stereocenters. The average Bonchev–Trinajstić information content (AvgIpc) is 2.87. The van der Waals surface area contributed by atoms with Crippen LogP contribution in [-0.2, 0) is 11.2 Å². The lowest BCUT2D eigenvalue weighted by molar-refractivity contribution is -0.111. The lowest BCUT2D eigenvalue weighted by atomic mass is 10.0. The number of allylic oxidation sites excluding steroid dienone is 1. The lowest BCUT2D eigenvalue weighted by Crippen LogP contribution is -2.14. The molecule has 2 aromatic carbocycles. The first-order valence-electron chi connectivity index (χ1n) is 6.98.